The number of halogens is 1. The minimum Gasteiger partial charge on any atom is -0.379 e. The smallest absolute Gasteiger partial charge is 0.237 e. The van der Waals surface area contributed by atoms with Gasteiger partial charge in [0.15, 0.2) is 0 Å². The third-order valence-electron chi connectivity index (χ3n) is 3.41. The molecule has 1 rings (SSSR count). The first kappa shape index (κ1) is 19.7. The number of carbonyl (C=O) groups excluding carboxylic acids is 1. The van der Waals surface area contributed by atoms with Crippen LogP contribution in [0.1, 0.15) is 48.0 Å². The summed E-state index contributed by atoms with van der Waals surface area (Å²) in [5.41, 5.74) is 0.0366. The lowest BCUT2D eigenvalue weighted by Crippen LogP contribution is -2.55. The van der Waals surface area contributed by atoms with E-state index in [-0.39, 0.29) is 35.3 Å². The van der Waals surface area contributed by atoms with Crippen molar-refractivity contribution in [3.8, 4) is 0 Å². The van der Waals surface area contributed by atoms with Gasteiger partial charge in [-0.2, -0.15) is 0 Å². The predicted molar refractivity (Wildman–Crippen MR) is 85.4 cm³/mol. The third kappa shape index (κ3) is 6.91. The van der Waals surface area contributed by atoms with Gasteiger partial charge < -0.3 is 10.1 Å². The summed E-state index contributed by atoms with van der Waals surface area (Å²) in [7, 11) is 0. The maximum atomic E-state index is 12.4. The fourth-order valence-corrected chi connectivity index (χ4v) is 2.94. The van der Waals surface area contributed by atoms with Crippen molar-refractivity contribution in [1.29, 1.82) is 0 Å². The van der Waals surface area contributed by atoms with Crippen LogP contribution < -0.4 is 5.32 Å². The van der Waals surface area contributed by atoms with E-state index < -0.39 is 0 Å². The highest BCUT2D eigenvalue weighted by atomic mass is 35.5. The van der Waals surface area contributed by atoms with Gasteiger partial charge >= 0.3 is 0 Å². The van der Waals surface area contributed by atoms with E-state index in [2.05, 4.69) is 44.8 Å². The molecular formula is C15H31ClN2O2. The van der Waals surface area contributed by atoms with Gasteiger partial charge in [-0.3, -0.25) is 9.69 Å². The van der Waals surface area contributed by atoms with Gasteiger partial charge in [-0.15, -0.1) is 12.4 Å². The van der Waals surface area contributed by atoms with Gasteiger partial charge in [0.05, 0.1) is 19.3 Å². The summed E-state index contributed by atoms with van der Waals surface area (Å²) >= 11 is 0. The first-order valence-corrected chi connectivity index (χ1v) is 7.25. The SMILES string of the molecule is CC(C(=O)NC(C)(C)CC(C)(C)C)N1CCOCC1.Cl. The number of rotatable bonds is 4. The van der Waals surface area contributed by atoms with Crippen LogP contribution in [-0.4, -0.2) is 48.7 Å². The average molecular weight is 307 g/mol. The Hall–Kier alpha value is -0.320. The van der Waals surface area contributed by atoms with Gasteiger partial charge in [-0.25, -0.2) is 0 Å². The van der Waals surface area contributed by atoms with E-state index in [1.54, 1.807) is 0 Å². The summed E-state index contributed by atoms with van der Waals surface area (Å²) in [6.07, 6.45) is 0.960. The van der Waals surface area contributed by atoms with Crippen LogP contribution in [0.25, 0.3) is 0 Å². The molecule has 0 spiro atoms. The molecule has 0 aliphatic carbocycles. The predicted octanol–water partition coefficient (Wildman–Crippen LogP) is 2.46. The van der Waals surface area contributed by atoms with Crippen molar-refractivity contribution in [1.82, 2.24) is 10.2 Å². The Balaban J connectivity index is 0.00000361. The van der Waals surface area contributed by atoms with E-state index in [1.807, 2.05) is 6.92 Å². The number of hydrogen-bond acceptors (Lipinski definition) is 3. The van der Waals surface area contributed by atoms with Gasteiger partial charge in [0.2, 0.25) is 5.91 Å². The summed E-state index contributed by atoms with van der Waals surface area (Å²) in [5.74, 6) is 0.121. The Kier molecular flexibility index (Phi) is 7.50. The molecule has 1 aliphatic rings. The number of nitrogens with one attached hydrogen (secondary N) is 1. The van der Waals surface area contributed by atoms with Crippen LogP contribution in [0.5, 0.6) is 0 Å². The molecule has 0 aromatic heterocycles. The molecule has 1 atom stereocenters. The second-order valence-electron chi connectivity index (χ2n) is 7.43. The van der Waals surface area contributed by atoms with Crippen LogP contribution in [-0.2, 0) is 9.53 Å². The molecule has 0 aromatic rings. The van der Waals surface area contributed by atoms with E-state index in [4.69, 9.17) is 4.74 Å². The Morgan fingerprint density at radius 3 is 2.15 bits per heavy atom. The van der Waals surface area contributed by atoms with E-state index in [1.165, 1.54) is 0 Å². The summed E-state index contributed by atoms with van der Waals surface area (Å²) in [5, 5.41) is 3.19. The highest BCUT2D eigenvalue weighted by molar-refractivity contribution is 5.85. The van der Waals surface area contributed by atoms with Crippen molar-refractivity contribution in [2.75, 3.05) is 26.3 Å². The molecule has 5 heteroatoms. The quantitative estimate of drug-likeness (QED) is 0.867. The molecule has 1 heterocycles. The van der Waals surface area contributed by atoms with Crippen molar-refractivity contribution in [2.24, 2.45) is 5.41 Å². The number of nitrogens with zero attached hydrogens (tertiary/aromatic N) is 1. The second kappa shape index (κ2) is 7.62. The van der Waals surface area contributed by atoms with E-state index in [9.17, 15) is 4.79 Å². The van der Waals surface area contributed by atoms with E-state index >= 15 is 0 Å². The topological polar surface area (TPSA) is 41.6 Å². The normalized spacial score (nSPS) is 19.1. The van der Waals surface area contributed by atoms with Crippen LogP contribution in [0, 0.1) is 5.41 Å². The number of hydrogen-bond donors (Lipinski definition) is 1. The van der Waals surface area contributed by atoms with Gasteiger partial charge in [0, 0.05) is 18.6 Å². The zero-order valence-electron chi connectivity index (χ0n) is 13.8. The number of ether oxygens (including phenoxy) is 1. The van der Waals surface area contributed by atoms with Crippen molar-refractivity contribution in [2.45, 2.75) is 59.5 Å². The molecule has 1 fully saturated rings. The van der Waals surface area contributed by atoms with Crippen molar-refractivity contribution >= 4 is 18.3 Å². The second-order valence-corrected chi connectivity index (χ2v) is 7.43. The van der Waals surface area contributed by atoms with Crippen molar-refractivity contribution < 1.29 is 9.53 Å². The molecule has 0 bridgehead atoms. The van der Waals surface area contributed by atoms with Gasteiger partial charge in [0.1, 0.15) is 0 Å². The van der Waals surface area contributed by atoms with Crippen LogP contribution in [0.4, 0.5) is 0 Å². The summed E-state index contributed by atoms with van der Waals surface area (Å²) in [6.45, 7) is 15.9. The maximum Gasteiger partial charge on any atom is 0.237 e. The zero-order chi connectivity index (χ0) is 14.7. The standard InChI is InChI=1S/C15H30N2O2.ClH/c1-12(17-7-9-19-10-8-17)13(18)16-15(5,6)11-14(2,3)4;/h12H,7-11H2,1-6H3,(H,16,18);1H. The Labute approximate surface area is 130 Å². The summed E-state index contributed by atoms with van der Waals surface area (Å²) in [4.78, 5) is 14.5. The fourth-order valence-electron chi connectivity index (χ4n) is 2.94. The minimum atomic E-state index is -0.171. The summed E-state index contributed by atoms with van der Waals surface area (Å²) in [6, 6.07) is -0.0804. The molecule has 20 heavy (non-hydrogen) atoms. The molecule has 120 valence electrons. The fraction of sp³-hybridized carbons (Fsp3) is 0.933. The van der Waals surface area contributed by atoms with Crippen LogP contribution in [0.3, 0.4) is 0 Å². The zero-order valence-corrected chi connectivity index (χ0v) is 14.6. The summed E-state index contributed by atoms with van der Waals surface area (Å²) < 4.78 is 5.32. The average Bonchev–Trinajstić information content (AvgIpc) is 2.25. The van der Waals surface area contributed by atoms with Gasteiger partial charge in [0.25, 0.3) is 0 Å². The van der Waals surface area contributed by atoms with Crippen molar-refractivity contribution in [3.63, 3.8) is 0 Å². The van der Waals surface area contributed by atoms with Crippen LogP contribution in [0.2, 0.25) is 0 Å². The molecule has 1 N–H and O–H groups in total. The minimum absolute atomic E-state index is 0. The highest BCUT2D eigenvalue weighted by Crippen LogP contribution is 2.26. The first-order valence-electron chi connectivity index (χ1n) is 7.25. The maximum absolute atomic E-state index is 12.4. The molecule has 1 aliphatic heterocycles. The molecule has 4 nitrogen and oxygen atoms in total. The van der Waals surface area contributed by atoms with E-state index in [0.717, 1.165) is 32.7 Å². The molecule has 1 saturated heterocycles. The van der Waals surface area contributed by atoms with Crippen molar-refractivity contribution in [3.05, 3.63) is 0 Å². The van der Waals surface area contributed by atoms with Gasteiger partial charge in [-0.05, 0) is 32.6 Å². The Bertz CT molecular complexity index is 307. The monoisotopic (exact) mass is 306 g/mol. The Morgan fingerprint density at radius 1 is 1.20 bits per heavy atom. The molecule has 1 unspecified atom stereocenters. The lowest BCUT2D eigenvalue weighted by atomic mass is 9.81. The lowest BCUT2D eigenvalue weighted by Gasteiger charge is -2.37. The Morgan fingerprint density at radius 2 is 1.70 bits per heavy atom. The molecular weight excluding hydrogens is 276 g/mol. The lowest BCUT2D eigenvalue weighted by molar-refractivity contribution is -0.129. The molecule has 0 radical (unpaired) electrons. The van der Waals surface area contributed by atoms with Gasteiger partial charge in [-0.1, -0.05) is 20.8 Å². The largest absolute Gasteiger partial charge is 0.379 e. The third-order valence-corrected chi connectivity index (χ3v) is 3.41. The molecule has 0 aromatic carbocycles. The first-order chi connectivity index (χ1) is 8.61. The van der Waals surface area contributed by atoms with Crippen LogP contribution >= 0.6 is 12.4 Å². The number of amides is 1. The number of carbonyl (C=O) groups is 1. The van der Waals surface area contributed by atoms with E-state index in [0.29, 0.717) is 0 Å². The highest BCUT2D eigenvalue weighted by Gasteiger charge is 2.30. The number of morpholine rings is 1. The van der Waals surface area contributed by atoms with Crippen LogP contribution in [0.15, 0.2) is 0 Å². The molecule has 1 amide bonds. The molecule has 0 saturated carbocycles.